The van der Waals surface area contributed by atoms with Gasteiger partial charge in [0.25, 0.3) is 0 Å². The summed E-state index contributed by atoms with van der Waals surface area (Å²) in [5.74, 6) is -1.34. The highest BCUT2D eigenvalue weighted by atomic mass is 19.4. The van der Waals surface area contributed by atoms with Gasteiger partial charge in [0.1, 0.15) is 12.4 Å². The van der Waals surface area contributed by atoms with Crippen molar-refractivity contribution < 1.29 is 27.1 Å². The van der Waals surface area contributed by atoms with E-state index in [0.717, 1.165) is 6.07 Å². The maximum Gasteiger partial charge on any atom is 0.411 e. The number of carbonyl (C=O) groups is 1. The summed E-state index contributed by atoms with van der Waals surface area (Å²) in [7, 11) is 0. The van der Waals surface area contributed by atoms with Gasteiger partial charge in [-0.05, 0) is 18.2 Å². The summed E-state index contributed by atoms with van der Waals surface area (Å²) < 4.78 is 52.7. The molecule has 0 spiro atoms. The van der Waals surface area contributed by atoms with Gasteiger partial charge in [0.05, 0.1) is 18.7 Å². The molecule has 4 nitrogen and oxygen atoms in total. The van der Waals surface area contributed by atoms with Crippen LogP contribution in [0.5, 0.6) is 0 Å². The zero-order valence-corrected chi connectivity index (χ0v) is 9.76. The third-order valence-corrected chi connectivity index (χ3v) is 2.00. The topological polar surface area (TPSA) is 64.3 Å². The summed E-state index contributed by atoms with van der Waals surface area (Å²) in [5, 5.41) is 2.19. The van der Waals surface area contributed by atoms with Gasteiger partial charge < -0.3 is 15.8 Å². The van der Waals surface area contributed by atoms with E-state index in [1.165, 1.54) is 12.1 Å². The summed E-state index contributed by atoms with van der Waals surface area (Å²) >= 11 is 0. The molecule has 0 aliphatic carbocycles. The highest BCUT2D eigenvalue weighted by Crippen LogP contribution is 2.18. The maximum atomic E-state index is 13.2. The molecule has 1 amide bonds. The first kappa shape index (κ1) is 15.2. The quantitative estimate of drug-likeness (QED) is 0.494. The van der Waals surface area contributed by atoms with Crippen molar-refractivity contribution in [2.75, 3.05) is 24.3 Å². The molecule has 0 fully saturated rings. The second-order valence-electron chi connectivity index (χ2n) is 3.71. The molecule has 3 N–H and O–H groups in total. The molecule has 0 unspecified atom stereocenters. The van der Waals surface area contributed by atoms with Crippen molar-refractivity contribution in [1.82, 2.24) is 0 Å². The number of hydrogen-bond donors (Lipinski definition) is 2. The number of amides is 1. The minimum atomic E-state index is -4.43. The summed E-state index contributed by atoms with van der Waals surface area (Å²) in [6, 6.07) is 3.60. The maximum absolute atomic E-state index is 13.2. The van der Waals surface area contributed by atoms with Crippen molar-refractivity contribution in [1.29, 1.82) is 0 Å². The Kier molecular flexibility index (Phi) is 5.11. The fraction of sp³-hybridized carbons (Fsp3) is 0.364. The standard InChI is InChI=1S/C11H12F4N2O2/c12-8-2-1-7(16)5-9(8)17-10(18)3-4-19-6-11(13,14)15/h1-2,5H,3-4,6,16H2,(H,17,18). The number of nitrogen functional groups attached to an aromatic ring is 1. The Balaban J connectivity index is 2.37. The predicted molar refractivity (Wildman–Crippen MR) is 60.9 cm³/mol. The molecule has 1 aromatic rings. The van der Waals surface area contributed by atoms with E-state index in [0.29, 0.717) is 0 Å². The van der Waals surface area contributed by atoms with Gasteiger partial charge >= 0.3 is 6.18 Å². The largest absolute Gasteiger partial charge is 0.411 e. The molecule has 106 valence electrons. The van der Waals surface area contributed by atoms with Crippen LogP contribution in [-0.4, -0.2) is 25.3 Å². The molecule has 19 heavy (non-hydrogen) atoms. The lowest BCUT2D eigenvalue weighted by atomic mass is 10.2. The molecule has 1 aromatic carbocycles. The van der Waals surface area contributed by atoms with E-state index in [-0.39, 0.29) is 17.8 Å². The Hall–Kier alpha value is -1.83. The van der Waals surface area contributed by atoms with E-state index < -0.39 is 31.1 Å². The van der Waals surface area contributed by atoms with Crippen molar-refractivity contribution in [3.05, 3.63) is 24.0 Å². The Morgan fingerprint density at radius 3 is 2.68 bits per heavy atom. The third kappa shape index (κ3) is 6.05. The molecule has 8 heteroatoms. The lowest BCUT2D eigenvalue weighted by Crippen LogP contribution is -2.20. The van der Waals surface area contributed by atoms with Crippen LogP contribution in [0.15, 0.2) is 18.2 Å². The van der Waals surface area contributed by atoms with Crippen molar-refractivity contribution in [3.8, 4) is 0 Å². The number of alkyl halides is 3. The lowest BCUT2D eigenvalue weighted by Gasteiger charge is -2.09. The summed E-state index contributed by atoms with van der Waals surface area (Å²) in [4.78, 5) is 11.3. The van der Waals surface area contributed by atoms with Gasteiger partial charge in [-0.3, -0.25) is 4.79 Å². The first-order chi connectivity index (χ1) is 8.78. The van der Waals surface area contributed by atoms with Crippen molar-refractivity contribution in [2.24, 2.45) is 0 Å². The Morgan fingerprint density at radius 1 is 1.37 bits per heavy atom. The second-order valence-corrected chi connectivity index (χ2v) is 3.71. The molecular formula is C11H12F4N2O2. The SMILES string of the molecule is Nc1ccc(F)c(NC(=O)CCOCC(F)(F)F)c1. The number of halogens is 4. The van der Waals surface area contributed by atoms with Crippen LogP contribution in [0.2, 0.25) is 0 Å². The van der Waals surface area contributed by atoms with Crippen LogP contribution in [0.4, 0.5) is 28.9 Å². The number of rotatable bonds is 5. The minimum absolute atomic E-state index is 0.124. The molecule has 0 saturated heterocycles. The molecule has 0 aromatic heterocycles. The molecule has 1 rings (SSSR count). The van der Waals surface area contributed by atoms with E-state index >= 15 is 0 Å². The van der Waals surface area contributed by atoms with Crippen molar-refractivity contribution in [3.63, 3.8) is 0 Å². The average Bonchev–Trinajstić information content (AvgIpc) is 2.28. The predicted octanol–water partition coefficient (Wildman–Crippen LogP) is 2.32. The van der Waals surface area contributed by atoms with Gasteiger partial charge in [-0.25, -0.2) is 4.39 Å². The minimum Gasteiger partial charge on any atom is -0.399 e. The third-order valence-electron chi connectivity index (χ3n) is 2.00. The fourth-order valence-electron chi connectivity index (χ4n) is 1.20. The van der Waals surface area contributed by atoms with Crippen molar-refractivity contribution in [2.45, 2.75) is 12.6 Å². The molecule has 0 bridgehead atoms. The molecule has 0 aliphatic rings. The molecule has 0 saturated carbocycles. The molecule has 0 aliphatic heterocycles. The number of nitrogens with two attached hydrogens (primary N) is 1. The van der Waals surface area contributed by atoms with Crippen LogP contribution in [-0.2, 0) is 9.53 Å². The molecule has 0 radical (unpaired) electrons. The lowest BCUT2D eigenvalue weighted by molar-refractivity contribution is -0.174. The van der Waals surface area contributed by atoms with E-state index in [9.17, 15) is 22.4 Å². The van der Waals surface area contributed by atoms with Crippen LogP contribution in [0.1, 0.15) is 6.42 Å². The van der Waals surface area contributed by atoms with Gasteiger partial charge in [0, 0.05) is 5.69 Å². The highest BCUT2D eigenvalue weighted by molar-refractivity contribution is 5.91. The normalized spacial score (nSPS) is 11.4. The summed E-state index contributed by atoms with van der Waals surface area (Å²) in [5.41, 5.74) is 5.54. The molecular weight excluding hydrogens is 268 g/mol. The van der Waals surface area contributed by atoms with E-state index in [2.05, 4.69) is 10.1 Å². The Morgan fingerprint density at radius 2 is 2.05 bits per heavy atom. The summed E-state index contributed by atoms with van der Waals surface area (Å²) in [6.45, 7) is -1.83. The number of carbonyl (C=O) groups excluding carboxylic acids is 1. The van der Waals surface area contributed by atoms with E-state index in [1.807, 2.05) is 0 Å². The summed E-state index contributed by atoms with van der Waals surface area (Å²) in [6.07, 6.45) is -4.75. The first-order valence-electron chi connectivity index (χ1n) is 5.27. The molecule has 0 heterocycles. The van der Waals surface area contributed by atoms with E-state index in [1.54, 1.807) is 0 Å². The monoisotopic (exact) mass is 280 g/mol. The number of ether oxygens (including phenoxy) is 1. The van der Waals surface area contributed by atoms with Gasteiger partial charge in [0.2, 0.25) is 5.91 Å². The van der Waals surface area contributed by atoms with Crippen LogP contribution in [0.3, 0.4) is 0 Å². The number of benzene rings is 1. The van der Waals surface area contributed by atoms with Crippen LogP contribution < -0.4 is 11.1 Å². The van der Waals surface area contributed by atoms with Gasteiger partial charge in [-0.15, -0.1) is 0 Å². The zero-order chi connectivity index (χ0) is 14.5. The van der Waals surface area contributed by atoms with Crippen LogP contribution >= 0.6 is 0 Å². The van der Waals surface area contributed by atoms with Crippen LogP contribution in [0, 0.1) is 5.82 Å². The number of anilines is 2. The highest BCUT2D eigenvalue weighted by Gasteiger charge is 2.27. The van der Waals surface area contributed by atoms with Gasteiger partial charge in [-0.2, -0.15) is 13.2 Å². The van der Waals surface area contributed by atoms with Gasteiger partial charge in [-0.1, -0.05) is 0 Å². The van der Waals surface area contributed by atoms with E-state index in [4.69, 9.17) is 5.73 Å². The smallest absolute Gasteiger partial charge is 0.399 e. The zero-order valence-electron chi connectivity index (χ0n) is 9.76. The Labute approximate surface area is 106 Å². The Bertz CT molecular complexity index is 449. The van der Waals surface area contributed by atoms with Gasteiger partial charge in [0.15, 0.2) is 0 Å². The molecule has 0 atom stereocenters. The number of nitrogens with one attached hydrogen (secondary N) is 1. The first-order valence-corrected chi connectivity index (χ1v) is 5.27. The van der Waals surface area contributed by atoms with Crippen LogP contribution in [0.25, 0.3) is 0 Å². The fourth-order valence-corrected chi connectivity index (χ4v) is 1.20. The number of hydrogen-bond acceptors (Lipinski definition) is 3. The van der Waals surface area contributed by atoms with Crippen molar-refractivity contribution >= 4 is 17.3 Å². The average molecular weight is 280 g/mol. The second kappa shape index (κ2) is 6.37.